The van der Waals surface area contributed by atoms with Crippen molar-refractivity contribution in [2.75, 3.05) is 25.6 Å². The molecule has 122 valence electrons. The van der Waals surface area contributed by atoms with Crippen LogP contribution < -0.4 is 10.6 Å². The van der Waals surface area contributed by atoms with E-state index in [1.165, 1.54) is 24.3 Å². The predicted molar refractivity (Wildman–Crippen MR) is 81.8 cm³/mol. The maximum absolute atomic E-state index is 13.0. The third-order valence-corrected chi connectivity index (χ3v) is 3.11. The average molecular weight is 321 g/mol. The SMILES string of the molecule is COCC(NCC(=O)Nc1ccc(F)cn1)c1ccc(F)cc1. The fourth-order valence-electron chi connectivity index (χ4n) is 1.99. The van der Waals surface area contributed by atoms with Gasteiger partial charge in [0.15, 0.2) is 0 Å². The van der Waals surface area contributed by atoms with Crippen molar-refractivity contribution in [1.82, 2.24) is 10.3 Å². The van der Waals surface area contributed by atoms with Gasteiger partial charge in [0.2, 0.25) is 5.91 Å². The van der Waals surface area contributed by atoms with E-state index in [9.17, 15) is 13.6 Å². The number of carbonyl (C=O) groups excluding carboxylic acids is 1. The van der Waals surface area contributed by atoms with Crippen molar-refractivity contribution in [2.45, 2.75) is 6.04 Å². The average Bonchev–Trinajstić information content (AvgIpc) is 2.54. The van der Waals surface area contributed by atoms with Crippen molar-refractivity contribution < 1.29 is 18.3 Å². The number of halogens is 2. The standard InChI is InChI=1S/C16H17F2N3O2/c1-23-10-14(11-2-4-12(17)5-3-11)19-9-16(22)21-15-7-6-13(18)8-20-15/h2-8,14,19H,9-10H2,1H3,(H,20,21,22). The quantitative estimate of drug-likeness (QED) is 0.821. The first kappa shape index (κ1) is 17.0. The van der Waals surface area contributed by atoms with E-state index in [1.807, 2.05) is 0 Å². The fourth-order valence-corrected chi connectivity index (χ4v) is 1.99. The van der Waals surface area contributed by atoms with E-state index in [4.69, 9.17) is 4.74 Å². The number of aromatic nitrogens is 1. The molecule has 1 aromatic carbocycles. The molecule has 0 bridgehead atoms. The number of methoxy groups -OCH3 is 1. The van der Waals surface area contributed by atoms with Crippen LogP contribution >= 0.6 is 0 Å². The summed E-state index contributed by atoms with van der Waals surface area (Å²) in [7, 11) is 1.54. The molecule has 0 spiro atoms. The third-order valence-electron chi connectivity index (χ3n) is 3.11. The van der Waals surface area contributed by atoms with E-state index in [2.05, 4.69) is 15.6 Å². The van der Waals surface area contributed by atoms with Crippen LogP contribution in [-0.2, 0) is 9.53 Å². The molecule has 1 atom stereocenters. The van der Waals surface area contributed by atoms with Crippen molar-refractivity contribution in [3.05, 3.63) is 59.8 Å². The first-order chi connectivity index (χ1) is 11.1. The second kappa shape index (κ2) is 8.30. The van der Waals surface area contributed by atoms with Crippen LogP contribution in [0.25, 0.3) is 0 Å². The lowest BCUT2D eigenvalue weighted by Crippen LogP contribution is -2.33. The van der Waals surface area contributed by atoms with E-state index >= 15 is 0 Å². The lowest BCUT2D eigenvalue weighted by molar-refractivity contribution is -0.115. The van der Waals surface area contributed by atoms with Gasteiger partial charge in [0.05, 0.1) is 25.4 Å². The maximum atomic E-state index is 13.0. The molecule has 2 rings (SSSR count). The van der Waals surface area contributed by atoms with Gasteiger partial charge in [-0.2, -0.15) is 0 Å². The molecule has 1 amide bonds. The molecular weight excluding hydrogens is 304 g/mol. The first-order valence-corrected chi connectivity index (χ1v) is 6.97. The van der Waals surface area contributed by atoms with E-state index in [-0.39, 0.29) is 30.1 Å². The molecule has 0 saturated heterocycles. The largest absolute Gasteiger partial charge is 0.383 e. The first-order valence-electron chi connectivity index (χ1n) is 6.97. The minimum atomic E-state index is -0.474. The summed E-state index contributed by atoms with van der Waals surface area (Å²) < 4.78 is 30.8. The second-order valence-corrected chi connectivity index (χ2v) is 4.85. The van der Waals surface area contributed by atoms with Crippen molar-refractivity contribution >= 4 is 11.7 Å². The van der Waals surface area contributed by atoms with Gasteiger partial charge in [0.25, 0.3) is 0 Å². The van der Waals surface area contributed by atoms with Gasteiger partial charge >= 0.3 is 0 Å². The van der Waals surface area contributed by atoms with E-state index in [0.29, 0.717) is 6.61 Å². The van der Waals surface area contributed by atoms with Crippen LogP contribution in [0.2, 0.25) is 0 Å². The number of nitrogens with zero attached hydrogens (tertiary/aromatic N) is 1. The summed E-state index contributed by atoms with van der Waals surface area (Å²) in [5, 5.41) is 5.57. The van der Waals surface area contributed by atoms with Gasteiger partial charge in [-0.3, -0.25) is 10.1 Å². The summed E-state index contributed by atoms with van der Waals surface area (Å²) in [6.45, 7) is 0.332. The van der Waals surface area contributed by atoms with Gasteiger partial charge in [-0.15, -0.1) is 0 Å². The number of hydrogen-bond acceptors (Lipinski definition) is 4. The Balaban J connectivity index is 1.91. The summed E-state index contributed by atoms with van der Waals surface area (Å²) in [6, 6.07) is 8.29. The molecular formula is C16H17F2N3O2. The Hall–Kier alpha value is -2.38. The number of amides is 1. The maximum Gasteiger partial charge on any atom is 0.239 e. The molecule has 1 aromatic heterocycles. The monoisotopic (exact) mass is 321 g/mol. The molecule has 7 heteroatoms. The number of nitrogens with one attached hydrogen (secondary N) is 2. The molecule has 0 saturated carbocycles. The van der Waals surface area contributed by atoms with Gasteiger partial charge in [-0.25, -0.2) is 13.8 Å². The Morgan fingerprint density at radius 1 is 1.17 bits per heavy atom. The molecule has 0 aliphatic carbocycles. The molecule has 2 aromatic rings. The minimum Gasteiger partial charge on any atom is -0.383 e. The van der Waals surface area contributed by atoms with E-state index in [1.54, 1.807) is 19.2 Å². The van der Waals surface area contributed by atoms with Crippen molar-refractivity contribution in [3.63, 3.8) is 0 Å². The zero-order valence-corrected chi connectivity index (χ0v) is 12.6. The Morgan fingerprint density at radius 2 is 1.87 bits per heavy atom. The minimum absolute atomic E-state index is 0.00442. The van der Waals surface area contributed by atoms with Crippen molar-refractivity contribution in [1.29, 1.82) is 0 Å². The van der Waals surface area contributed by atoms with Crippen LogP contribution in [0, 0.1) is 11.6 Å². The van der Waals surface area contributed by atoms with Crippen LogP contribution in [0.1, 0.15) is 11.6 Å². The van der Waals surface area contributed by atoms with Crippen LogP contribution in [-0.4, -0.2) is 31.2 Å². The summed E-state index contributed by atoms with van der Waals surface area (Å²) in [5.41, 5.74) is 0.806. The fraction of sp³-hybridized carbons (Fsp3) is 0.250. The Labute approximate surface area is 132 Å². The van der Waals surface area contributed by atoms with Gasteiger partial charge in [0.1, 0.15) is 17.5 Å². The van der Waals surface area contributed by atoms with Gasteiger partial charge in [0, 0.05) is 7.11 Å². The van der Waals surface area contributed by atoms with E-state index in [0.717, 1.165) is 11.8 Å². The molecule has 1 heterocycles. The molecule has 1 unspecified atom stereocenters. The molecule has 0 radical (unpaired) electrons. The zero-order valence-electron chi connectivity index (χ0n) is 12.6. The number of carbonyl (C=O) groups is 1. The van der Waals surface area contributed by atoms with Gasteiger partial charge in [-0.05, 0) is 29.8 Å². The highest BCUT2D eigenvalue weighted by Gasteiger charge is 2.13. The molecule has 0 aliphatic rings. The molecule has 23 heavy (non-hydrogen) atoms. The number of benzene rings is 1. The molecule has 5 nitrogen and oxygen atoms in total. The van der Waals surface area contributed by atoms with Crippen molar-refractivity contribution in [2.24, 2.45) is 0 Å². The Kier molecular flexibility index (Phi) is 6.13. The van der Waals surface area contributed by atoms with Crippen LogP contribution in [0.4, 0.5) is 14.6 Å². The summed E-state index contributed by atoms with van der Waals surface area (Å²) in [6.07, 6.45) is 1.02. The highest BCUT2D eigenvalue weighted by Crippen LogP contribution is 2.14. The highest BCUT2D eigenvalue weighted by molar-refractivity contribution is 5.91. The topological polar surface area (TPSA) is 63.2 Å². The number of rotatable bonds is 7. The molecule has 0 aliphatic heterocycles. The number of hydrogen-bond donors (Lipinski definition) is 2. The predicted octanol–water partition coefficient (Wildman–Crippen LogP) is 2.28. The number of anilines is 1. The summed E-state index contributed by atoms with van der Waals surface area (Å²) in [5.74, 6) is -0.863. The van der Waals surface area contributed by atoms with Crippen LogP contribution in [0.5, 0.6) is 0 Å². The highest BCUT2D eigenvalue weighted by atomic mass is 19.1. The second-order valence-electron chi connectivity index (χ2n) is 4.85. The Bertz CT molecular complexity index is 633. The zero-order chi connectivity index (χ0) is 16.7. The normalized spacial score (nSPS) is 12.0. The molecule has 0 fully saturated rings. The third kappa shape index (κ3) is 5.39. The lowest BCUT2D eigenvalue weighted by atomic mass is 10.1. The van der Waals surface area contributed by atoms with Crippen molar-refractivity contribution in [3.8, 4) is 0 Å². The summed E-state index contributed by atoms with van der Waals surface area (Å²) in [4.78, 5) is 15.6. The van der Waals surface area contributed by atoms with Crippen LogP contribution in [0.3, 0.4) is 0 Å². The Morgan fingerprint density at radius 3 is 2.48 bits per heavy atom. The van der Waals surface area contributed by atoms with E-state index < -0.39 is 5.82 Å². The lowest BCUT2D eigenvalue weighted by Gasteiger charge is -2.18. The number of ether oxygens (including phenoxy) is 1. The number of pyridine rings is 1. The summed E-state index contributed by atoms with van der Waals surface area (Å²) >= 11 is 0. The smallest absolute Gasteiger partial charge is 0.239 e. The molecule has 2 N–H and O–H groups in total. The van der Waals surface area contributed by atoms with Crippen LogP contribution in [0.15, 0.2) is 42.6 Å². The van der Waals surface area contributed by atoms with Gasteiger partial charge in [-0.1, -0.05) is 12.1 Å². The van der Waals surface area contributed by atoms with Gasteiger partial charge < -0.3 is 10.1 Å².